The van der Waals surface area contributed by atoms with Crippen LogP contribution in [0.3, 0.4) is 0 Å². The Kier molecular flexibility index (Phi) is 9.35. The smallest absolute Gasteiger partial charge is 0.408 e. The number of carboxylic acids is 1. The zero-order valence-corrected chi connectivity index (χ0v) is 21.7. The van der Waals surface area contributed by atoms with E-state index in [0.29, 0.717) is 31.6 Å². The van der Waals surface area contributed by atoms with Crippen LogP contribution in [0.15, 0.2) is 59.6 Å². The average Bonchev–Trinajstić information content (AvgIpc) is 2.96. The van der Waals surface area contributed by atoms with Gasteiger partial charge in [0.05, 0.1) is 6.54 Å². The molecule has 1 saturated heterocycles. The van der Waals surface area contributed by atoms with E-state index < -0.39 is 37.1 Å². The molecule has 5 N–H and O–H groups in total. The Bertz CT molecular complexity index is 1220. The number of halogens is 2. The number of hydrogen-bond donors (Lipinski definition) is 5. The Morgan fingerprint density at radius 1 is 1.12 bits per heavy atom. The van der Waals surface area contributed by atoms with E-state index in [2.05, 4.69) is 31.2 Å². The average molecular weight is 559 g/mol. The number of alkyl halides is 2. The molecule has 1 fully saturated rings. The second-order valence-corrected chi connectivity index (χ2v) is 9.65. The lowest BCUT2D eigenvalue weighted by atomic mass is 9.95. The second-order valence-electron chi connectivity index (χ2n) is 9.65. The van der Waals surface area contributed by atoms with Crippen molar-refractivity contribution < 1.29 is 33.0 Å². The monoisotopic (exact) mass is 558 g/mol. The molecule has 2 aromatic rings. The quantitative estimate of drug-likeness (QED) is 0.316. The number of nitrogens with zero attached hydrogens (tertiary/aromatic N) is 2. The largest absolute Gasteiger partial charge is 0.480 e. The number of aliphatic imine (C=N–C) groups is 1. The summed E-state index contributed by atoms with van der Waals surface area (Å²) in [5.41, 5.74) is 2.37. The summed E-state index contributed by atoms with van der Waals surface area (Å²) < 4.78 is 31.6. The number of rotatable bonds is 9. The highest BCUT2D eigenvalue weighted by Crippen LogP contribution is 2.26. The third-order valence-corrected chi connectivity index (χ3v) is 6.61. The lowest BCUT2D eigenvalue weighted by Gasteiger charge is -2.33. The van der Waals surface area contributed by atoms with Crippen LogP contribution < -0.4 is 26.2 Å². The number of benzene rings is 2. The maximum atomic E-state index is 13.3. The fraction of sp³-hybridized carbons (Fsp3) is 0.407. The minimum atomic E-state index is -2.86. The number of hydrogen-bond acceptors (Lipinski definition) is 8. The number of nitrogens with one attached hydrogen (secondary N) is 4. The number of aliphatic carboxylic acids is 1. The molecule has 2 amide bonds. The third kappa shape index (κ3) is 8.29. The van der Waals surface area contributed by atoms with Gasteiger partial charge in [-0.05, 0) is 36.6 Å². The first-order chi connectivity index (χ1) is 19.2. The molecule has 2 heterocycles. The van der Waals surface area contributed by atoms with Crippen LogP contribution in [0.2, 0.25) is 0 Å². The van der Waals surface area contributed by atoms with Crippen molar-refractivity contribution in [2.75, 3.05) is 42.9 Å². The van der Waals surface area contributed by atoms with Gasteiger partial charge in [0, 0.05) is 36.9 Å². The maximum absolute atomic E-state index is 13.3. The standard InChI is InChI=1S/C27H32F2N6O5/c28-27(29)16-31-25(32-17-27)33-20-7-4-8-21(13-20)35-11-9-19(10-12-35)23(36)30-14-22(24(37)38)34-26(39)40-15-18-5-2-1-3-6-18/h1-8,13,19,22H,9-12,14-17H2,(H,30,36)(H,34,39)(H,37,38)(H2,31,32,33)/t22-/m0/s1. The van der Waals surface area contributed by atoms with Crippen molar-refractivity contribution in [2.24, 2.45) is 10.9 Å². The summed E-state index contributed by atoms with van der Waals surface area (Å²) in [5.74, 6) is -4.44. The van der Waals surface area contributed by atoms with E-state index >= 15 is 0 Å². The van der Waals surface area contributed by atoms with E-state index in [1.54, 1.807) is 24.3 Å². The highest BCUT2D eigenvalue weighted by atomic mass is 19.3. The van der Waals surface area contributed by atoms with Crippen molar-refractivity contribution in [1.29, 1.82) is 0 Å². The molecule has 0 spiro atoms. The van der Waals surface area contributed by atoms with Crippen molar-refractivity contribution >= 4 is 35.3 Å². The van der Waals surface area contributed by atoms with Gasteiger partial charge in [-0.15, -0.1) is 0 Å². The lowest BCUT2D eigenvalue weighted by Crippen LogP contribution is -2.50. The number of carbonyl (C=O) groups is 3. The van der Waals surface area contributed by atoms with Gasteiger partial charge in [0.2, 0.25) is 5.91 Å². The van der Waals surface area contributed by atoms with Gasteiger partial charge in [-0.1, -0.05) is 36.4 Å². The van der Waals surface area contributed by atoms with Crippen molar-refractivity contribution in [3.63, 3.8) is 0 Å². The van der Waals surface area contributed by atoms with E-state index in [0.717, 1.165) is 11.3 Å². The molecular formula is C27H32F2N6O5. The Hall–Kier alpha value is -4.42. The lowest BCUT2D eigenvalue weighted by molar-refractivity contribution is -0.139. The summed E-state index contributed by atoms with van der Waals surface area (Å²) >= 11 is 0. The summed E-state index contributed by atoms with van der Waals surface area (Å²) in [5, 5.41) is 20.0. The third-order valence-electron chi connectivity index (χ3n) is 6.61. The van der Waals surface area contributed by atoms with Crippen molar-refractivity contribution in [3.8, 4) is 0 Å². The molecule has 2 aromatic carbocycles. The van der Waals surface area contributed by atoms with Gasteiger partial charge in [0.25, 0.3) is 5.92 Å². The Balaban J connectivity index is 1.21. The molecule has 0 unspecified atom stereocenters. The number of anilines is 2. The van der Waals surface area contributed by atoms with Gasteiger partial charge in [-0.2, -0.15) is 0 Å². The number of carbonyl (C=O) groups excluding carboxylic acids is 2. The van der Waals surface area contributed by atoms with Crippen LogP contribution in [0.4, 0.5) is 25.0 Å². The zero-order valence-electron chi connectivity index (χ0n) is 21.7. The molecule has 4 rings (SSSR count). The molecule has 40 heavy (non-hydrogen) atoms. The van der Waals surface area contributed by atoms with Crippen LogP contribution in [0.1, 0.15) is 18.4 Å². The number of piperidine rings is 1. The minimum absolute atomic E-state index is 0.00648. The number of amides is 2. The van der Waals surface area contributed by atoms with Crippen LogP contribution in [0.25, 0.3) is 0 Å². The first-order valence-electron chi connectivity index (χ1n) is 12.9. The molecule has 0 radical (unpaired) electrons. The summed E-state index contributed by atoms with van der Waals surface area (Å²) in [4.78, 5) is 42.3. The van der Waals surface area contributed by atoms with Crippen molar-refractivity contribution in [2.45, 2.75) is 31.4 Å². The maximum Gasteiger partial charge on any atom is 0.408 e. The first-order valence-corrected chi connectivity index (χ1v) is 12.9. The predicted octanol–water partition coefficient (Wildman–Crippen LogP) is 2.41. The van der Waals surface area contributed by atoms with Crippen LogP contribution in [-0.4, -0.2) is 73.7 Å². The van der Waals surface area contributed by atoms with Crippen LogP contribution in [-0.2, 0) is 20.9 Å². The van der Waals surface area contributed by atoms with Crippen molar-refractivity contribution in [3.05, 3.63) is 60.2 Å². The number of alkyl carbamates (subject to hydrolysis) is 1. The predicted molar refractivity (Wildman–Crippen MR) is 144 cm³/mol. The van der Waals surface area contributed by atoms with E-state index in [-0.39, 0.29) is 30.9 Å². The highest BCUT2D eigenvalue weighted by molar-refractivity contribution is 5.94. The highest BCUT2D eigenvalue weighted by Gasteiger charge is 2.32. The second kappa shape index (κ2) is 13.1. The van der Waals surface area contributed by atoms with Crippen LogP contribution in [0.5, 0.6) is 0 Å². The molecule has 2 aliphatic heterocycles. The molecule has 2 aliphatic rings. The van der Waals surface area contributed by atoms with Gasteiger partial charge in [-0.3, -0.25) is 4.79 Å². The Morgan fingerprint density at radius 3 is 2.55 bits per heavy atom. The fourth-order valence-electron chi connectivity index (χ4n) is 4.37. The molecule has 0 saturated carbocycles. The molecule has 0 aliphatic carbocycles. The molecule has 214 valence electrons. The molecule has 0 bridgehead atoms. The minimum Gasteiger partial charge on any atom is -0.480 e. The molecule has 1 atom stereocenters. The van der Waals surface area contributed by atoms with E-state index in [9.17, 15) is 28.3 Å². The molecule has 0 aromatic heterocycles. The SMILES string of the molecule is O=C(N[C@@H](CNC(=O)C1CCN(c2cccc(NC3=NCC(F)(F)CN3)c2)CC1)C(=O)O)OCc1ccccc1. The zero-order chi connectivity index (χ0) is 28.5. The van der Waals surface area contributed by atoms with E-state index in [1.165, 1.54) is 0 Å². The molecule has 11 nitrogen and oxygen atoms in total. The molecular weight excluding hydrogens is 526 g/mol. The van der Waals surface area contributed by atoms with E-state index in [4.69, 9.17) is 4.74 Å². The Morgan fingerprint density at radius 2 is 1.88 bits per heavy atom. The summed E-state index contributed by atoms with van der Waals surface area (Å²) in [7, 11) is 0. The number of guanidine groups is 1. The van der Waals surface area contributed by atoms with Gasteiger partial charge in [-0.25, -0.2) is 23.4 Å². The number of carboxylic acid groups (broad SMARTS) is 1. The normalized spacial score (nSPS) is 17.6. The van der Waals surface area contributed by atoms with Gasteiger partial charge in [0.15, 0.2) is 5.96 Å². The van der Waals surface area contributed by atoms with Gasteiger partial charge < -0.3 is 36.0 Å². The molecule has 13 heteroatoms. The van der Waals surface area contributed by atoms with Crippen molar-refractivity contribution in [1.82, 2.24) is 16.0 Å². The summed E-state index contributed by atoms with van der Waals surface area (Å²) in [6, 6.07) is 15.1. The first kappa shape index (κ1) is 28.6. The fourth-order valence-corrected chi connectivity index (χ4v) is 4.37. The summed E-state index contributed by atoms with van der Waals surface area (Å²) in [6.45, 7) is -0.131. The van der Waals surface area contributed by atoms with Crippen LogP contribution in [0, 0.1) is 5.92 Å². The Labute approximate surface area is 230 Å². The topological polar surface area (TPSA) is 144 Å². The number of ether oxygens (including phenoxy) is 1. The van der Waals surface area contributed by atoms with Gasteiger partial charge in [0.1, 0.15) is 19.2 Å². The van der Waals surface area contributed by atoms with E-state index in [1.807, 2.05) is 30.3 Å². The summed E-state index contributed by atoms with van der Waals surface area (Å²) in [6.07, 6.45) is 0.216. The van der Waals surface area contributed by atoms with Crippen LogP contribution >= 0.6 is 0 Å². The van der Waals surface area contributed by atoms with Gasteiger partial charge >= 0.3 is 12.1 Å².